The first-order chi connectivity index (χ1) is 15.6. The lowest BCUT2D eigenvalue weighted by Crippen LogP contribution is -2.09. The lowest BCUT2D eigenvalue weighted by Gasteiger charge is -2.24. The second-order valence-electron chi connectivity index (χ2n) is 7.02. The number of benzene rings is 3. The van der Waals surface area contributed by atoms with Crippen LogP contribution in [0.4, 0.5) is 0 Å². The van der Waals surface area contributed by atoms with Gasteiger partial charge in [0.1, 0.15) is 23.0 Å². The molecule has 0 bridgehead atoms. The molecule has 5 nitrogen and oxygen atoms in total. The topological polar surface area (TPSA) is 49.0 Å². The molecule has 172 valence electrons. The summed E-state index contributed by atoms with van der Waals surface area (Å²) < 4.78 is 22.3. The fourth-order valence-corrected chi connectivity index (χ4v) is 3.55. The molecule has 0 aromatic heterocycles. The van der Waals surface area contributed by atoms with Crippen molar-refractivity contribution in [2.75, 3.05) is 41.5 Å². The molecule has 0 saturated heterocycles. The Balaban J connectivity index is 0.000000654. The van der Waals surface area contributed by atoms with Crippen molar-refractivity contribution in [3.63, 3.8) is 0 Å². The monoisotopic (exact) mass is 437 g/mol. The van der Waals surface area contributed by atoms with Crippen LogP contribution in [-0.2, 0) is 0 Å². The van der Waals surface area contributed by atoms with Crippen molar-refractivity contribution >= 4 is 0 Å². The van der Waals surface area contributed by atoms with E-state index < -0.39 is 0 Å². The van der Waals surface area contributed by atoms with Gasteiger partial charge in [0.25, 0.3) is 0 Å². The molecule has 0 unspecified atom stereocenters. The minimum Gasteiger partial charge on any atom is -0.497 e. The molecule has 3 aromatic rings. The molecule has 0 atom stereocenters. The molecule has 0 fully saturated rings. The van der Waals surface area contributed by atoms with Gasteiger partial charge in [0.15, 0.2) is 0 Å². The van der Waals surface area contributed by atoms with Crippen LogP contribution in [0.2, 0.25) is 0 Å². The largest absolute Gasteiger partial charge is 0.497 e. The first kappa shape index (κ1) is 25.1. The van der Waals surface area contributed by atoms with Crippen molar-refractivity contribution in [3.05, 3.63) is 83.4 Å². The summed E-state index contributed by atoms with van der Waals surface area (Å²) in [5.74, 6) is 3.01. The maximum Gasteiger partial charge on any atom is 0.123 e. The summed E-state index contributed by atoms with van der Waals surface area (Å²) in [6, 6.07) is 21.9. The van der Waals surface area contributed by atoms with Crippen LogP contribution in [-0.4, -0.2) is 41.5 Å². The number of nitrogens with one attached hydrogen (secondary N) is 1. The maximum atomic E-state index is 5.67. The van der Waals surface area contributed by atoms with Crippen LogP contribution in [0.25, 0.3) is 0 Å². The lowest BCUT2D eigenvalue weighted by atomic mass is 9.84. The van der Waals surface area contributed by atoms with Gasteiger partial charge in [-0.05, 0) is 55.1 Å². The van der Waals surface area contributed by atoms with Crippen LogP contribution < -0.4 is 24.3 Å². The number of hydrogen-bond donors (Lipinski definition) is 1. The average Bonchev–Trinajstić information content (AvgIpc) is 2.85. The molecule has 32 heavy (non-hydrogen) atoms. The van der Waals surface area contributed by atoms with Crippen molar-refractivity contribution in [1.82, 2.24) is 5.32 Å². The smallest absolute Gasteiger partial charge is 0.123 e. The Morgan fingerprint density at radius 1 is 0.625 bits per heavy atom. The Morgan fingerprint density at radius 3 is 1.44 bits per heavy atom. The van der Waals surface area contributed by atoms with Crippen molar-refractivity contribution in [2.24, 2.45) is 0 Å². The first-order valence-electron chi connectivity index (χ1n) is 10.8. The van der Waals surface area contributed by atoms with E-state index in [1.807, 2.05) is 54.6 Å². The van der Waals surface area contributed by atoms with E-state index in [9.17, 15) is 0 Å². The third-order valence-corrected chi connectivity index (χ3v) is 5.13. The Labute approximate surface area is 192 Å². The van der Waals surface area contributed by atoms with Crippen LogP contribution >= 0.6 is 0 Å². The zero-order chi connectivity index (χ0) is 23.3. The maximum absolute atomic E-state index is 5.67. The molecule has 1 N–H and O–H groups in total. The number of rotatable bonds is 9. The highest BCUT2D eigenvalue weighted by atomic mass is 16.5. The summed E-state index contributed by atoms with van der Waals surface area (Å²) in [6.07, 6.45) is 0. The minimum absolute atomic E-state index is 0.110. The van der Waals surface area contributed by atoms with Gasteiger partial charge in [-0.3, -0.25) is 0 Å². The summed E-state index contributed by atoms with van der Waals surface area (Å²) in [5.41, 5.74) is 3.11. The van der Waals surface area contributed by atoms with Gasteiger partial charge in [-0.15, -0.1) is 0 Å². The molecular formula is C27H35NO4. The van der Waals surface area contributed by atoms with Gasteiger partial charge >= 0.3 is 0 Å². The second-order valence-corrected chi connectivity index (χ2v) is 7.02. The van der Waals surface area contributed by atoms with Crippen molar-refractivity contribution in [1.29, 1.82) is 0 Å². The van der Waals surface area contributed by atoms with Crippen LogP contribution in [0, 0.1) is 0 Å². The standard InChI is InChI=1S/C23H24O4.C4H11N/c1-24-17-10-12-21(26-3)19(14-17)23(16-8-6-5-7-9-16)20-15-18(25-2)11-13-22(20)27-4;1-3-5-4-2/h5-15,23H,1-4H3;5H,3-4H2,1-2H3. The first-order valence-corrected chi connectivity index (χ1v) is 10.8. The average molecular weight is 438 g/mol. The minimum atomic E-state index is -0.110. The van der Waals surface area contributed by atoms with E-state index in [2.05, 4.69) is 31.3 Å². The van der Waals surface area contributed by atoms with E-state index in [4.69, 9.17) is 18.9 Å². The molecule has 0 amide bonds. The summed E-state index contributed by atoms with van der Waals surface area (Å²) >= 11 is 0. The van der Waals surface area contributed by atoms with E-state index in [0.717, 1.165) is 52.8 Å². The summed E-state index contributed by atoms with van der Waals surface area (Å²) in [4.78, 5) is 0. The molecule has 0 aliphatic heterocycles. The molecule has 0 aliphatic rings. The lowest BCUT2D eigenvalue weighted by molar-refractivity contribution is 0.392. The van der Waals surface area contributed by atoms with Crippen molar-refractivity contribution < 1.29 is 18.9 Å². The Bertz CT molecular complexity index is 886. The molecule has 0 spiro atoms. The van der Waals surface area contributed by atoms with E-state index in [1.165, 1.54) is 0 Å². The van der Waals surface area contributed by atoms with Gasteiger partial charge in [0, 0.05) is 17.0 Å². The predicted molar refractivity (Wildman–Crippen MR) is 131 cm³/mol. The fraction of sp³-hybridized carbons (Fsp3) is 0.333. The normalized spacial score (nSPS) is 10.2. The molecule has 0 saturated carbocycles. The van der Waals surface area contributed by atoms with Crippen molar-refractivity contribution in [2.45, 2.75) is 19.8 Å². The van der Waals surface area contributed by atoms with Gasteiger partial charge in [-0.25, -0.2) is 0 Å². The quantitative estimate of drug-likeness (QED) is 0.447. The number of hydrogen-bond acceptors (Lipinski definition) is 5. The van der Waals surface area contributed by atoms with Crippen molar-refractivity contribution in [3.8, 4) is 23.0 Å². The molecule has 0 radical (unpaired) electrons. The molecular weight excluding hydrogens is 402 g/mol. The molecule has 0 aliphatic carbocycles. The molecule has 3 aromatic carbocycles. The third-order valence-electron chi connectivity index (χ3n) is 5.13. The van der Waals surface area contributed by atoms with Gasteiger partial charge in [-0.2, -0.15) is 0 Å². The van der Waals surface area contributed by atoms with E-state index in [-0.39, 0.29) is 5.92 Å². The SMILES string of the molecule is CCNCC.COc1ccc(OC)c(C(c2ccccc2)c2cc(OC)ccc2OC)c1. The predicted octanol–water partition coefficient (Wildman–Crippen LogP) is 5.52. The highest BCUT2D eigenvalue weighted by Crippen LogP contribution is 2.43. The second kappa shape index (κ2) is 13.3. The van der Waals surface area contributed by atoms with E-state index in [1.54, 1.807) is 28.4 Å². The van der Waals surface area contributed by atoms with Crippen LogP contribution in [0.1, 0.15) is 36.5 Å². The zero-order valence-electron chi connectivity index (χ0n) is 20.0. The van der Waals surface area contributed by atoms with Gasteiger partial charge in [0.05, 0.1) is 28.4 Å². The van der Waals surface area contributed by atoms with Crippen LogP contribution in [0.5, 0.6) is 23.0 Å². The number of ether oxygens (including phenoxy) is 4. The Morgan fingerprint density at radius 2 is 1.09 bits per heavy atom. The van der Waals surface area contributed by atoms with Crippen LogP contribution in [0.3, 0.4) is 0 Å². The highest BCUT2D eigenvalue weighted by Gasteiger charge is 2.25. The summed E-state index contributed by atoms with van der Waals surface area (Å²) in [6.45, 7) is 6.39. The Hall–Kier alpha value is -3.18. The van der Waals surface area contributed by atoms with E-state index in [0.29, 0.717) is 0 Å². The molecule has 0 heterocycles. The van der Waals surface area contributed by atoms with E-state index >= 15 is 0 Å². The summed E-state index contributed by atoms with van der Waals surface area (Å²) in [7, 11) is 6.68. The fourth-order valence-electron chi connectivity index (χ4n) is 3.55. The van der Waals surface area contributed by atoms with Crippen LogP contribution in [0.15, 0.2) is 66.7 Å². The number of methoxy groups -OCH3 is 4. The Kier molecular flexibility index (Phi) is 10.4. The summed E-state index contributed by atoms with van der Waals surface area (Å²) in [5, 5.41) is 3.11. The molecule has 5 heteroatoms. The molecule has 3 rings (SSSR count). The van der Waals surface area contributed by atoms with Gasteiger partial charge in [0.2, 0.25) is 0 Å². The highest BCUT2D eigenvalue weighted by molar-refractivity contribution is 5.56. The van der Waals surface area contributed by atoms with Gasteiger partial charge < -0.3 is 24.3 Å². The van der Waals surface area contributed by atoms with Gasteiger partial charge in [-0.1, -0.05) is 44.2 Å². The third kappa shape index (κ3) is 6.41. The zero-order valence-corrected chi connectivity index (χ0v) is 20.0.